The number of benzene rings is 1. The smallest absolute Gasteiger partial charge is 0.262 e. The Morgan fingerprint density at radius 2 is 2.03 bits per heavy atom. The number of fused-ring (bicyclic) bond motifs is 1. The van der Waals surface area contributed by atoms with Gasteiger partial charge in [0.25, 0.3) is 5.91 Å². The first-order valence-corrected chi connectivity index (χ1v) is 12.5. The van der Waals surface area contributed by atoms with Gasteiger partial charge in [-0.15, -0.1) is 23.7 Å². The maximum Gasteiger partial charge on any atom is 0.262 e. The van der Waals surface area contributed by atoms with Crippen LogP contribution >= 0.6 is 58.3 Å². The lowest BCUT2D eigenvalue weighted by molar-refractivity contribution is 0.0376. The van der Waals surface area contributed by atoms with Crippen LogP contribution in [-0.2, 0) is 4.74 Å². The molecule has 2 aromatic heterocycles. The summed E-state index contributed by atoms with van der Waals surface area (Å²) >= 11 is 15.1. The van der Waals surface area contributed by atoms with Gasteiger partial charge in [-0.3, -0.25) is 14.6 Å². The van der Waals surface area contributed by atoms with Crippen LogP contribution in [0.25, 0.3) is 10.2 Å². The first-order valence-electron chi connectivity index (χ1n) is 10.2. The number of thiophene rings is 1. The molecule has 0 spiro atoms. The molecule has 1 aromatic carbocycles. The Morgan fingerprint density at radius 3 is 2.72 bits per heavy atom. The average Bonchev–Trinajstić information content (AvgIpc) is 3.33. The summed E-state index contributed by atoms with van der Waals surface area (Å²) in [5, 5.41) is 0.647. The number of amides is 1. The number of hydrogen-bond acceptors (Lipinski definition) is 7. The Bertz CT molecular complexity index is 1050. The summed E-state index contributed by atoms with van der Waals surface area (Å²) in [5.74, 6) is 0.613. The van der Waals surface area contributed by atoms with Crippen molar-refractivity contribution in [2.24, 2.45) is 0 Å². The second-order valence-electron chi connectivity index (χ2n) is 7.06. The van der Waals surface area contributed by atoms with E-state index in [0.29, 0.717) is 32.5 Å². The van der Waals surface area contributed by atoms with Crippen LogP contribution in [0.2, 0.25) is 8.67 Å². The number of anilines is 1. The van der Waals surface area contributed by atoms with Crippen molar-refractivity contribution in [3.8, 4) is 5.75 Å². The maximum absolute atomic E-state index is 13.4. The van der Waals surface area contributed by atoms with Crippen LogP contribution in [0.1, 0.15) is 23.7 Å². The molecule has 1 amide bonds. The molecule has 32 heavy (non-hydrogen) atoms. The molecule has 4 rings (SSSR count). The molecule has 1 aliphatic heterocycles. The van der Waals surface area contributed by atoms with Crippen LogP contribution in [-0.4, -0.2) is 61.8 Å². The van der Waals surface area contributed by atoms with Crippen LogP contribution in [0.15, 0.2) is 24.3 Å². The van der Waals surface area contributed by atoms with Gasteiger partial charge in [-0.05, 0) is 37.6 Å². The van der Waals surface area contributed by atoms with Crippen molar-refractivity contribution in [2.45, 2.75) is 13.3 Å². The molecule has 0 atom stereocenters. The average molecular weight is 537 g/mol. The maximum atomic E-state index is 13.4. The topological polar surface area (TPSA) is 54.9 Å². The van der Waals surface area contributed by atoms with E-state index in [1.54, 1.807) is 11.0 Å². The van der Waals surface area contributed by atoms with Gasteiger partial charge in [0, 0.05) is 26.2 Å². The largest absolute Gasteiger partial charge is 0.494 e. The van der Waals surface area contributed by atoms with Crippen LogP contribution in [0.5, 0.6) is 5.75 Å². The van der Waals surface area contributed by atoms with E-state index in [0.717, 1.165) is 55.2 Å². The molecule has 6 nitrogen and oxygen atoms in total. The first-order chi connectivity index (χ1) is 15.0. The first kappa shape index (κ1) is 25.5. The summed E-state index contributed by atoms with van der Waals surface area (Å²) in [6.07, 6.45) is 0.821. The molecule has 3 heterocycles. The van der Waals surface area contributed by atoms with Gasteiger partial charge in [0.1, 0.15) is 10.1 Å². The Kier molecular flexibility index (Phi) is 9.43. The van der Waals surface area contributed by atoms with Crippen molar-refractivity contribution >= 4 is 79.5 Å². The van der Waals surface area contributed by atoms with Gasteiger partial charge in [0.15, 0.2) is 5.13 Å². The molecule has 0 aliphatic carbocycles. The molecule has 3 aromatic rings. The standard InChI is InChI=1S/C21H23Cl2N3O3S2.ClH/c1-2-29-14-4-5-16-17(12-14)30-21(24-16)26(7-3-6-25-8-10-28-11-9-25)20(27)15-13-18(22)31-19(15)23;/h4-5,12-13H,2-3,6-11H2,1H3;1H. The highest BCUT2D eigenvalue weighted by atomic mass is 35.5. The molecule has 11 heteroatoms. The van der Waals surface area contributed by atoms with Crippen molar-refractivity contribution in [3.05, 3.63) is 38.5 Å². The van der Waals surface area contributed by atoms with Gasteiger partial charge in [-0.2, -0.15) is 0 Å². The number of hydrogen-bond donors (Lipinski definition) is 0. The van der Waals surface area contributed by atoms with Crippen molar-refractivity contribution < 1.29 is 14.3 Å². The minimum absolute atomic E-state index is 0. The van der Waals surface area contributed by atoms with E-state index in [-0.39, 0.29) is 18.3 Å². The van der Waals surface area contributed by atoms with Crippen molar-refractivity contribution in [1.82, 2.24) is 9.88 Å². The van der Waals surface area contributed by atoms with Gasteiger partial charge >= 0.3 is 0 Å². The van der Waals surface area contributed by atoms with E-state index in [1.165, 1.54) is 22.7 Å². The second kappa shape index (κ2) is 11.8. The van der Waals surface area contributed by atoms with E-state index in [1.807, 2.05) is 25.1 Å². The molecule has 0 radical (unpaired) electrons. The molecule has 0 bridgehead atoms. The van der Waals surface area contributed by atoms with Gasteiger partial charge < -0.3 is 9.47 Å². The lowest BCUT2D eigenvalue weighted by Crippen LogP contribution is -2.39. The lowest BCUT2D eigenvalue weighted by atomic mass is 10.2. The number of morpholine rings is 1. The van der Waals surface area contributed by atoms with E-state index >= 15 is 0 Å². The van der Waals surface area contributed by atoms with Gasteiger partial charge in [-0.25, -0.2) is 4.98 Å². The third kappa shape index (κ3) is 6.05. The van der Waals surface area contributed by atoms with Gasteiger partial charge in [-0.1, -0.05) is 34.5 Å². The summed E-state index contributed by atoms with van der Waals surface area (Å²) in [4.78, 5) is 22.2. The molecule has 0 saturated carbocycles. The minimum atomic E-state index is -0.181. The molecule has 1 aliphatic rings. The highest BCUT2D eigenvalue weighted by Gasteiger charge is 2.25. The van der Waals surface area contributed by atoms with E-state index in [4.69, 9.17) is 37.7 Å². The van der Waals surface area contributed by atoms with Crippen molar-refractivity contribution in [1.29, 1.82) is 0 Å². The van der Waals surface area contributed by atoms with Gasteiger partial charge in [0.05, 0.1) is 39.9 Å². The third-order valence-electron chi connectivity index (χ3n) is 4.98. The number of carbonyl (C=O) groups excluding carboxylic acids is 1. The number of halogens is 3. The summed E-state index contributed by atoms with van der Waals surface area (Å²) in [5.41, 5.74) is 1.25. The minimum Gasteiger partial charge on any atom is -0.494 e. The fourth-order valence-corrected chi connectivity index (χ4v) is 5.92. The third-order valence-corrected chi connectivity index (χ3v) is 7.51. The van der Waals surface area contributed by atoms with E-state index < -0.39 is 0 Å². The van der Waals surface area contributed by atoms with Crippen molar-refractivity contribution in [2.75, 3.05) is 50.9 Å². The van der Waals surface area contributed by atoms with Gasteiger partial charge in [0.2, 0.25) is 0 Å². The Labute approximate surface area is 211 Å². The van der Waals surface area contributed by atoms with Crippen LogP contribution in [0.4, 0.5) is 5.13 Å². The predicted molar refractivity (Wildman–Crippen MR) is 136 cm³/mol. The quantitative estimate of drug-likeness (QED) is 0.361. The van der Waals surface area contributed by atoms with E-state index in [2.05, 4.69) is 4.90 Å². The SMILES string of the molecule is CCOc1ccc2nc(N(CCCN3CCOCC3)C(=O)c3cc(Cl)sc3Cl)sc2c1.Cl. The fourth-order valence-electron chi connectivity index (χ4n) is 3.46. The monoisotopic (exact) mass is 535 g/mol. The molecule has 0 unspecified atom stereocenters. The Hall–Kier alpha value is -1.13. The zero-order valence-corrected chi connectivity index (χ0v) is 21.5. The van der Waals surface area contributed by atoms with Crippen LogP contribution in [0.3, 0.4) is 0 Å². The molecule has 0 N–H and O–H groups in total. The zero-order chi connectivity index (χ0) is 21.8. The molecule has 174 valence electrons. The summed E-state index contributed by atoms with van der Waals surface area (Å²) in [7, 11) is 0. The number of aromatic nitrogens is 1. The number of rotatable bonds is 8. The number of ether oxygens (including phenoxy) is 2. The van der Waals surface area contributed by atoms with E-state index in [9.17, 15) is 4.79 Å². The highest BCUT2D eigenvalue weighted by molar-refractivity contribution is 7.22. The van der Waals surface area contributed by atoms with Crippen molar-refractivity contribution in [3.63, 3.8) is 0 Å². The predicted octanol–water partition coefficient (Wildman–Crippen LogP) is 5.85. The number of carbonyl (C=O) groups is 1. The number of nitrogens with zero attached hydrogens (tertiary/aromatic N) is 3. The Balaban J connectivity index is 0.00000289. The zero-order valence-electron chi connectivity index (χ0n) is 17.5. The molecule has 1 saturated heterocycles. The molecular weight excluding hydrogens is 513 g/mol. The summed E-state index contributed by atoms with van der Waals surface area (Å²) in [6, 6.07) is 7.41. The summed E-state index contributed by atoms with van der Waals surface area (Å²) < 4.78 is 12.9. The summed E-state index contributed by atoms with van der Waals surface area (Å²) in [6.45, 7) is 7.33. The highest BCUT2D eigenvalue weighted by Crippen LogP contribution is 2.36. The molecule has 1 fully saturated rings. The normalized spacial score (nSPS) is 14.3. The van der Waals surface area contributed by atoms with Crippen LogP contribution in [0, 0.1) is 0 Å². The Morgan fingerprint density at radius 1 is 1.25 bits per heavy atom. The number of thiazole rings is 1. The fraction of sp³-hybridized carbons (Fsp3) is 0.429. The van der Waals surface area contributed by atoms with Crippen LogP contribution < -0.4 is 9.64 Å². The lowest BCUT2D eigenvalue weighted by Gasteiger charge is -2.27. The molecular formula is C21H24Cl3N3O3S2. The second-order valence-corrected chi connectivity index (χ2v) is 10.4.